The topological polar surface area (TPSA) is 68.2 Å². The largest absolute Gasteiger partial charge is 0.410 e. The van der Waals surface area contributed by atoms with Crippen molar-refractivity contribution in [1.29, 1.82) is 0 Å². The molecule has 0 unspecified atom stereocenters. The molecule has 0 fully saturated rings. The monoisotopic (exact) mass is 402 g/mol. The molecule has 1 amide bonds. The number of methoxy groups -OCH3 is 1. The van der Waals surface area contributed by atoms with Crippen LogP contribution >= 0.6 is 11.6 Å². The van der Waals surface area contributed by atoms with E-state index in [1.807, 2.05) is 0 Å². The van der Waals surface area contributed by atoms with Gasteiger partial charge in [0.1, 0.15) is 10.8 Å². The minimum atomic E-state index is -4.54. The van der Waals surface area contributed by atoms with Gasteiger partial charge in [-0.15, -0.1) is 0 Å². The van der Waals surface area contributed by atoms with Crippen molar-refractivity contribution in [2.45, 2.75) is 24.7 Å². The predicted octanol–water partition coefficient (Wildman–Crippen LogP) is 3.57. The van der Waals surface area contributed by atoms with E-state index in [1.54, 1.807) is 30.3 Å². The van der Waals surface area contributed by atoms with E-state index in [9.17, 15) is 18.0 Å². The molecule has 2 N–H and O–H groups in total. The van der Waals surface area contributed by atoms with Gasteiger partial charge in [0.25, 0.3) is 5.91 Å². The highest BCUT2D eigenvalue weighted by molar-refractivity contribution is 6.36. The lowest BCUT2D eigenvalue weighted by molar-refractivity contribution is -0.173. The molecule has 2 atom stereocenters. The molecule has 146 valence electrons. The maximum absolute atomic E-state index is 13.7. The van der Waals surface area contributed by atoms with Crippen LogP contribution in [-0.2, 0) is 4.74 Å². The van der Waals surface area contributed by atoms with Crippen LogP contribution in [0.5, 0.6) is 0 Å². The molecular weight excluding hydrogens is 385 g/mol. The Kier molecular flexibility index (Phi) is 5.61. The second kappa shape index (κ2) is 7.77. The number of rotatable bonds is 5. The molecule has 1 aliphatic heterocycles. The average molecular weight is 403 g/mol. The highest BCUT2D eigenvalue weighted by atomic mass is 35.5. The van der Waals surface area contributed by atoms with Gasteiger partial charge in [-0.05, 0) is 5.56 Å². The van der Waals surface area contributed by atoms with Gasteiger partial charge in [-0.1, -0.05) is 41.9 Å². The molecular formula is C17H18ClF3N4O2. The average Bonchev–Trinajstić information content (AvgIpc) is 2.98. The number of carbonyl (C=O) groups excluding carboxylic acids is 1. The number of alkyl halides is 3. The molecule has 2 aromatic rings. The zero-order valence-electron chi connectivity index (χ0n) is 14.4. The number of hydrogen-bond acceptors (Lipinski definition) is 4. The van der Waals surface area contributed by atoms with Gasteiger partial charge in [-0.3, -0.25) is 4.79 Å². The third-order valence-electron chi connectivity index (χ3n) is 4.30. The summed E-state index contributed by atoms with van der Waals surface area (Å²) in [5, 5.41) is 9.22. The number of anilines is 1. The molecule has 2 heterocycles. The van der Waals surface area contributed by atoms with Gasteiger partial charge < -0.3 is 15.4 Å². The van der Waals surface area contributed by atoms with Crippen molar-refractivity contribution in [2.24, 2.45) is 0 Å². The molecule has 6 nitrogen and oxygen atoms in total. The Labute approximate surface area is 158 Å². The molecule has 0 saturated heterocycles. The first-order valence-electron chi connectivity index (χ1n) is 8.26. The second-order valence-corrected chi connectivity index (χ2v) is 6.48. The lowest BCUT2D eigenvalue weighted by Crippen LogP contribution is -2.36. The standard InChI is InChI=1S/C17H18ClF3N4O2/c1-27-8-7-22-16(26)14-13(18)15-23-11(10-5-3-2-4-6-10)9-12(17(19,20)21)25(15)24-14/h2-6,11-12,23H,7-9H2,1H3,(H,22,26)/t11-,12-/m1/s1. The summed E-state index contributed by atoms with van der Waals surface area (Å²) < 4.78 is 46.5. The normalized spacial score (nSPS) is 19.3. The molecule has 0 saturated carbocycles. The number of hydrogen-bond donors (Lipinski definition) is 2. The van der Waals surface area contributed by atoms with Crippen LogP contribution in [0.25, 0.3) is 0 Å². The van der Waals surface area contributed by atoms with Crippen LogP contribution in [0.4, 0.5) is 19.0 Å². The number of carbonyl (C=O) groups is 1. The van der Waals surface area contributed by atoms with Crippen LogP contribution in [0, 0.1) is 0 Å². The fraction of sp³-hybridized carbons (Fsp3) is 0.412. The summed E-state index contributed by atoms with van der Waals surface area (Å²) in [6, 6.07) is 6.27. The van der Waals surface area contributed by atoms with E-state index in [1.165, 1.54) is 7.11 Å². The lowest BCUT2D eigenvalue weighted by atomic mass is 9.97. The van der Waals surface area contributed by atoms with E-state index in [4.69, 9.17) is 16.3 Å². The molecule has 0 radical (unpaired) electrons. The third kappa shape index (κ3) is 4.03. The van der Waals surface area contributed by atoms with E-state index in [2.05, 4.69) is 15.7 Å². The first kappa shape index (κ1) is 19.5. The van der Waals surface area contributed by atoms with Crippen molar-refractivity contribution in [3.05, 3.63) is 46.6 Å². The van der Waals surface area contributed by atoms with Crippen LogP contribution in [0.15, 0.2) is 30.3 Å². The van der Waals surface area contributed by atoms with E-state index in [-0.39, 0.29) is 36.1 Å². The molecule has 1 aromatic carbocycles. The van der Waals surface area contributed by atoms with Gasteiger partial charge in [0.15, 0.2) is 11.7 Å². The molecule has 1 aliphatic rings. The number of aromatic nitrogens is 2. The van der Waals surface area contributed by atoms with Gasteiger partial charge in [-0.2, -0.15) is 18.3 Å². The summed E-state index contributed by atoms with van der Waals surface area (Å²) in [5.74, 6) is -0.672. The van der Waals surface area contributed by atoms with Crippen molar-refractivity contribution in [1.82, 2.24) is 15.1 Å². The Balaban J connectivity index is 1.96. The van der Waals surface area contributed by atoms with Crippen molar-refractivity contribution in [2.75, 3.05) is 25.6 Å². The Hall–Kier alpha value is -2.26. The van der Waals surface area contributed by atoms with Crippen molar-refractivity contribution >= 4 is 23.3 Å². The van der Waals surface area contributed by atoms with E-state index in [0.29, 0.717) is 5.56 Å². The predicted molar refractivity (Wildman–Crippen MR) is 94.0 cm³/mol. The quantitative estimate of drug-likeness (QED) is 0.750. The molecule has 27 heavy (non-hydrogen) atoms. The van der Waals surface area contributed by atoms with Crippen LogP contribution < -0.4 is 10.6 Å². The molecule has 0 bridgehead atoms. The Morgan fingerprint density at radius 3 is 2.74 bits per heavy atom. The van der Waals surface area contributed by atoms with Gasteiger partial charge in [0, 0.05) is 20.1 Å². The summed E-state index contributed by atoms with van der Waals surface area (Å²) >= 11 is 6.21. The molecule has 3 rings (SSSR count). The second-order valence-electron chi connectivity index (χ2n) is 6.11. The Bertz CT molecular complexity index is 811. The number of nitrogens with zero attached hydrogens (tertiary/aromatic N) is 2. The maximum Gasteiger partial charge on any atom is 0.410 e. The van der Waals surface area contributed by atoms with Crippen molar-refractivity contribution in [3.8, 4) is 0 Å². The Morgan fingerprint density at radius 2 is 2.11 bits per heavy atom. The molecule has 0 spiro atoms. The third-order valence-corrected chi connectivity index (χ3v) is 4.66. The smallest absolute Gasteiger partial charge is 0.383 e. The zero-order valence-corrected chi connectivity index (χ0v) is 15.1. The molecule has 0 aliphatic carbocycles. The number of amides is 1. The summed E-state index contributed by atoms with van der Waals surface area (Å²) in [5.41, 5.74) is 0.444. The highest BCUT2D eigenvalue weighted by Crippen LogP contribution is 2.46. The maximum atomic E-state index is 13.7. The van der Waals surface area contributed by atoms with E-state index in [0.717, 1.165) is 4.68 Å². The first-order chi connectivity index (χ1) is 12.8. The lowest BCUT2D eigenvalue weighted by Gasteiger charge is -2.33. The van der Waals surface area contributed by atoms with Gasteiger partial charge in [0.05, 0.1) is 12.6 Å². The number of ether oxygens (including phenoxy) is 1. The Morgan fingerprint density at radius 1 is 1.41 bits per heavy atom. The van der Waals surface area contributed by atoms with Gasteiger partial charge in [0.2, 0.25) is 0 Å². The van der Waals surface area contributed by atoms with Gasteiger partial charge in [-0.25, -0.2) is 4.68 Å². The number of fused-ring (bicyclic) bond motifs is 1. The van der Waals surface area contributed by atoms with Gasteiger partial charge >= 0.3 is 6.18 Å². The summed E-state index contributed by atoms with van der Waals surface area (Å²) in [7, 11) is 1.47. The number of benzene rings is 1. The summed E-state index contributed by atoms with van der Waals surface area (Å²) in [4.78, 5) is 12.2. The zero-order chi connectivity index (χ0) is 19.6. The summed E-state index contributed by atoms with van der Waals surface area (Å²) in [6.07, 6.45) is -4.80. The van der Waals surface area contributed by atoms with Crippen molar-refractivity contribution in [3.63, 3.8) is 0 Å². The minimum absolute atomic E-state index is 0.0176. The number of nitrogens with one attached hydrogen (secondary N) is 2. The molecule has 1 aromatic heterocycles. The van der Waals surface area contributed by atoms with E-state index < -0.39 is 24.2 Å². The molecule has 10 heteroatoms. The van der Waals surface area contributed by atoms with Crippen molar-refractivity contribution < 1.29 is 22.7 Å². The summed E-state index contributed by atoms with van der Waals surface area (Å²) in [6.45, 7) is 0.451. The van der Waals surface area contributed by atoms with Crippen LogP contribution in [-0.4, -0.2) is 42.1 Å². The van der Waals surface area contributed by atoms with Crippen LogP contribution in [0.1, 0.15) is 34.6 Å². The first-order valence-corrected chi connectivity index (χ1v) is 8.64. The minimum Gasteiger partial charge on any atom is -0.383 e. The fourth-order valence-corrected chi connectivity index (χ4v) is 3.25. The fourth-order valence-electron chi connectivity index (χ4n) is 2.99. The van der Waals surface area contributed by atoms with Crippen LogP contribution in [0.3, 0.4) is 0 Å². The van der Waals surface area contributed by atoms with E-state index >= 15 is 0 Å². The highest BCUT2D eigenvalue weighted by Gasteiger charge is 2.47. The van der Waals surface area contributed by atoms with Crippen LogP contribution in [0.2, 0.25) is 5.02 Å². The SMILES string of the molecule is COCCNC(=O)c1nn2c(c1Cl)N[C@@H](c1ccccc1)C[C@@H]2C(F)(F)F. The number of halogens is 4.